The number of methoxy groups -OCH3 is 2. The van der Waals surface area contributed by atoms with Crippen molar-refractivity contribution >= 4 is 22.6 Å². The van der Waals surface area contributed by atoms with Gasteiger partial charge in [-0.15, -0.1) is 0 Å². The first-order chi connectivity index (χ1) is 8.72. The van der Waals surface area contributed by atoms with Crippen molar-refractivity contribution in [2.24, 2.45) is 0 Å². The lowest BCUT2D eigenvalue weighted by molar-refractivity contribution is 0.384. The second kappa shape index (κ2) is 5.90. The molecule has 2 rings (SSSR count). The highest BCUT2D eigenvalue weighted by Gasteiger charge is 2.07. The zero-order valence-electron chi connectivity index (χ0n) is 10.0. The Morgan fingerprint density at radius 2 is 1.61 bits per heavy atom. The van der Waals surface area contributed by atoms with Crippen LogP contribution in [0.5, 0.6) is 23.1 Å². The summed E-state index contributed by atoms with van der Waals surface area (Å²) >= 11 is 2.17. The number of ether oxygens (including phenoxy) is 3. The van der Waals surface area contributed by atoms with Crippen LogP contribution in [0, 0.1) is 3.57 Å². The molecule has 1 aromatic carbocycles. The van der Waals surface area contributed by atoms with Crippen molar-refractivity contribution in [2.45, 2.75) is 0 Å². The Kier molecular flexibility index (Phi) is 4.24. The van der Waals surface area contributed by atoms with Gasteiger partial charge in [0.2, 0.25) is 5.88 Å². The minimum absolute atomic E-state index is 0.563. The zero-order valence-corrected chi connectivity index (χ0v) is 12.2. The molecule has 0 radical (unpaired) electrons. The van der Waals surface area contributed by atoms with E-state index in [0.717, 1.165) is 3.57 Å². The van der Waals surface area contributed by atoms with E-state index in [1.807, 2.05) is 12.1 Å². The molecule has 0 aliphatic carbocycles. The van der Waals surface area contributed by atoms with Crippen LogP contribution in [-0.4, -0.2) is 19.2 Å². The zero-order chi connectivity index (χ0) is 13.0. The second-order valence-corrected chi connectivity index (χ2v) is 4.60. The number of pyridine rings is 1. The van der Waals surface area contributed by atoms with Crippen LogP contribution in [-0.2, 0) is 0 Å². The lowest BCUT2D eigenvalue weighted by atomic mass is 10.3. The lowest BCUT2D eigenvalue weighted by Crippen LogP contribution is -1.93. The van der Waals surface area contributed by atoms with Gasteiger partial charge in [-0.25, -0.2) is 4.98 Å². The molecule has 0 spiro atoms. The van der Waals surface area contributed by atoms with E-state index in [0.29, 0.717) is 23.1 Å². The third-order valence-electron chi connectivity index (χ3n) is 2.26. The molecule has 1 heterocycles. The first kappa shape index (κ1) is 12.9. The van der Waals surface area contributed by atoms with Crippen LogP contribution in [0.4, 0.5) is 0 Å². The predicted molar refractivity (Wildman–Crippen MR) is 76.6 cm³/mol. The molecule has 0 atom stereocenters. The quantitative estimate of drug-likeness (QED) is 0.786. The van der Waals surface area contributed by atoms with E-state index in [-0.39, 0.29) is 0 Å². The molecule has 4 nitrogen and oxygen atoms in total. The van der Waals surface area contributed by atoms with Gasteiger partial charge in [0, 0.05) is 24.4 Å². The van der Waals surface area contributed by atoms with E-state index in [4.69, 9.17) is 14.2 Å². The van der Waals surface area contributed by atoms with Crippen molar-refractivity contribution in [3.8, 4) is 23.1 Å². The number of benzene rings is 1. The van der Waals surface area contributed by atoms with Crippen LogP contribution in [0.2, 0.25) is 0 Å². The fourth-order valence-corrected chi connectivity index (χ4v) is 1.86. The molecular formula is C13H12INO3. The fraction of sp³-hybridized carbons (Fsp3) is 0.154. The SMILES string of the molecule is COc1cc(OC)cc(Oc2ncccc2I)c1. The van der Waals surface area contributed by atoms with Gasteiger partial charge in [0.15, 0.2) is 0 Å². The highest BCUT2D eigenvalue weighted by Crippen LogP contribution is 2.31. The van der Waals surface area contributed by atoms with Gasteiger partial charge < -0.3 is 14.2 Å². The Bertz CT molecular complexity index is 523. The van der Waals surface area contributed by atoms with E-state index in [2.05, 4.69) is 27.6 Å². The molecule has 0 aliphatic rings. The Labute approximate surface area is 119 Å². The van der Waals surface area contributed by atoms with E-state index in [1.54, 1.807) is 38.6 Å². The van der Waals surface area contributed by atoms with Crippen molar-refractivity contribution in [1.29, 1.82) is 0 Å². The molecule has 1 aromatic heterocycles. The van der Waals surface area contributed by atoms with Gasteiger partial charge in [-0.1, -0.05) is 0 Å². The Hall–Kier alpha value is -1.50. The number of hydrogen-bond acceptors (Lipinski definition) is 4. The molecule has 18 heavy (non-hydrogen) atoms. The van der Waals surface area contributed by atoms with Crippen LogP contribution in [0.3, 0.4) is 0 Å². The first-order valence-corrected chi connectivity index (χ1v) is 6.32. The van der Waals surface area contributed by atoms with Gasteiger partial charge in [-0.2, -0.15) is 0 Å². The van der Waals surface area contributed by atoms with Crippen LogP contribution < -0.4 is 14.2 Å². The number of aromatic nitrogens is 1. The number of halogens is 1. The van der Waals surface area contributed by atoms with Gasteiger partial charge in [-0.3, -0.25) is 0 Å². The van der Waals surface area contributed by atoms with E-state index >= 15 is 0 Å². The smallest absolute Gasteiger partial charge is 0.232 e. The summed E-state index contributed by atoms with van der Waals surface area (Å²) in [6.07, 6.45) is 1.69. The van der Waals surface area contributed by atoms with Crippen LogP contribution in [0.15, 0.2) is 36.5 Å². The maximum absolute atomic E-state index is 5.72. The molecule has 0 unspecified atom stereocenters. The highest BCUT2D eigenvalue weighted by atomic mass is 127. The third kappa shape index (κ3) is 3.04. The Morgan fingerprint density at radius 1 is 1.00 bits per heavy atom. The molecule has 0 saturated heterocycles. The normalized spacial score (nSPS) is 9.94. The lowest BCUT2D eigenvalue weighted by Gasteiger charge is -2.10. The molecule has 94 valence electrons. The summed E-state index contributed by atoms with van der Waals surface area (Å²) in [5.74, 6) is 2.54. The maximum atomic E-state index is 5.72. The number of rotatable bonds is 4. The summed E-state index contributed by atoms with van der Waals surface area (Å²) in [6, 6.07) is 9.15. The van der Waals surface area contributed by atoms with Crippen LogP contribution >= 0.6 is 22.6 Å². The largest absolute Gasteiger partial charge is 0.496 e. The fourth-order valence-electron chi connectivity index (χ4n) is 1.40. The second-order valence-electron chi connectivity index (χ2n) is 3.44. The molecular weight excluding hydrogens is 345 g/mol. The van der Waals surface area contributed by atoms with Gasteiger partial charge >= 0.3 is 0 Å². The molecule has 0 N–H and O–H groups in total. The van der Waals surface area contributed by atoms with Gasteiger partial charge in [0.1, 0.15) is 17.2 Å². The monoisotopic (exact) mass is 357 g/mol. The van der Waals surface area contributed by atoms with Crippen molar-refractivity contribution in [1.82, 2.24) is 4.98 Å². The van der Waals surface area contributed by atoms with Crippen LogP contribution in [0.1, 0.15) is 0 Å². The topological polar surface area (TPSA) is 40.6 Å². The van der Waals surface area contributed by atoms with Gasteiger partial charge in [0.05, 0.1) is 17.8 Å². The minimum Gasteiger partial charge on any atom is -0.496 e. The molecule has 0 bridgehead atoms. The molecule has 0 saturated carbocycles. The molecule has 0 aliphatic heterocycles. The maximum Gasteiger partial charge on any atom is 0.232 e. The average molecular weight is 357 g/mol. The van der Waals surface area contributed by atoms with Gasteiger partial charge in [0.25, 0.3) is 0 Å². The van der Waals surface area contributed by atoms with E-state index < -0.39 is 0 Å². The summed E-state index contributed by atoms with van der Waals surface area (Å²) in [5, 5.41) is 0. The first-order valence-electron chi connectivity index (χ1n) is 5.24. The van der Waals surface area contributed by atoms with E-state index in [9.17, 15) is 0 Å². The summed E-state index contributed by atoms with van der Waals surface area (Å²) in [4.78, 5) is 4.17. The number of hydrogen-bond donors (Lipinski definition) is 0. The van der Waals surface area contributed by atoms with Gasteiger partial charge in [-0.05, 0) is 34.7 Å². The average Bonchev–Trinajstić information content (AvgIpc) is 2.41. The van der Waals surface area contributed by atoms with Crippen LogP contribution in [0.25, 0.3) is 0 Å². The Morgan fingerprint density at radius 3 is 2.17 bits per heavy atom. The summed E-state index contributed by atoms with van der Waals surface area (Å²) < 4.78 is 17.0. The highest BCUT2D eigenvalue weighted by molar-refractivity contribution is 14.1. The molecule has 2 aromatic rings. The molecule has 5 heteroatoms. The summed E-state index contributed by atoms with van der Waals surface area (Å²) in [5.41, 5.74) is 0. The summed E-state index contributed by atoms with van der Waals surface area (Å²) in [7, 11) is 3.20. The summed E-state index contributed by atoms with van der Waals surface area (Å²) in [6.45, 7) is 0. The molecule has 0 amide bonds. The number of nitrogens with zero attached hydrogens (tertiary/aromatic N) is 1. The van der Waals surface area contributed by atoms with Crippen molar-refractivity contribution in [3.63, 3.8) is 0 Å². The standard InChI is InChI=1S/C13H12INO3/c1-16-9-6-10(17-2)8-11(7-9)18-13-12(14)4-3-5-15-13/h3-8H,1-2H3. The van der Waals surface area contributed by atoms with Crippen molar-refractivity contribution < 1.29 is 14.2 Å². The van der Waals surface area contributed by atoms with E-state index in [1.165, 1.54) is 0 Å². The van der Waals surface area contributed by atoms with Crippen molar-refractivity contribution in [2.75, 3.05) is 14.2 Å². The minimum atomic E-state index is 0.563. The predicted octanol–water partition coefficient (Wildman–Crippen LogP) is 3.50. The van der Waals surface area contributed by atoms with Crippen molar-refractivity contribution in [3.05, 3.63) is 40.1 Å². The Balaban J connectivity index is 2.31. The molecule has 0 fully saturated rings. The third-order valence-corrected chi connectivity index (χ3v) is 3.09.